The zero-order valence-corrected chi connectivity index (χ0v) is 16.1. The Morgan fingerprint density at radius 3 is 1.22 bits per heavy atom. The highest BCUT2D eigenvalue weighted by molar-refractivity contribution is 7.42. The van der Waals surface area contributed by atoms with Crippen LogP contribution >= 0.6 is 8.88 Å². The van der Waals surface area contributed by atoms with E-state index in [1.165, 1.54) is 44.8 Å². The van der Waals surface area contributed by atoms with Gasteiger partial charge in [0.1, 0.15) is 0 Å². The third kappa shape index (κ3) is 3.10. The molecular formula is C20H27N2P. The van der Waals surface area contributed by atoms with Gasteiger partial charge in [0.15, 0.2) is 0 Å². The van der Waals surface area contributed by atoms with Crippen LogP contribution in [0.2, 0.25) is 0 Å². The lowest BCUT2D eigenvalue weighted by molar-refractivity contribution is 1.01. The first-order chi connectivity index (χ1) is 10.9. The van der Waals surface area contributed by atoms with Crippen LogP contribution in [0.4, 0.5) is 11.4 Å². The van der Waals surface area contributed by atoms with Crippen LogP contribution < -0.4 is 9.34 Å². The van der Waals surface area contributed by atoms with Crippen molar-refractivity contribution in [1.29, 1.82) is 0 Å². The van der Waals surface area contributed by atoms with Gasteiger partial charge in [-0.2, -0.15) is 0 Å². The largest absolute Gasteiger partial charge is 0.334 e. The number of benzene rings is 2. The second-order valence-corrected chi connectivity index (χ2v) is 8.18. The van der Waals surface area contributed by atoms with Gasteiger partial charge in [-0.05, 0) is 63.8 Å². The molecular weight excluding hydrogens is 299 g/mol. The molecule has 2 aromatic carbocycles. The fourth-order valence-electron chi connectivity index (χ4n) is 3.97. The van der Waals surface area contributed by atoms with Gasteiger partial charge >= 0.3 is 0 Å². The summed E-state index contributed by atoms with van der Waals surface area (Å²) in [5, 5.41) is 0. The lowest BCUT2D eigenvalue weighted by Crippen LogP contribution is -2.13. The van der Waals surface area contributed by atoms with Gasteiger partial charge in [-0.25, -0.2) is 0 Å². The molecule has 3 rings (SSSR count). The number of anilines is 2. The summed E-state index contributed by atoms with van der Waals surface area (Å²) in [7, 11) is 0.692. The Morgan fingerprint density at radius 1 is 0.609 bits per heavy atom. The molecule has 0 aliphatic carbocycles. The Morgan fingerprint density at radius 2 is 0.913 bits per heavy atom. The maximum atomic E-state index is 2.56. The lowest BCUT2D eigenvalue weighted by Gasteiger charge is -2.26. The molecule has 0 amide bonds. The molecule has 1 saturated heterocycles. The van der Waals surface area contributed by atoms with Crippen molar-refractivity contribution in [3.8, 4) is 0 Å². The van der Waals surface area contributed by atoms with Crippen LogP contribution in [0.15, 0.2) is 24.3 Å². The van der Waals surface area contributed by atoms with Gasteiger partial charge in [-0.1, -0.05) is 35.4 Å². The Hall–Kier alpha value is -1.53. The SMILES string of the molecule is Cc1cc(C)c(N2CCN(c3c(C)cc(C)cc3C)P2)c(C)c1. The van der Waals surface area contributed by atoms with Gasteiger partial charge in [0.25, 0.3) is 0 Å². The van der Waals surface area contributed by atoms with E-state index in [9.17, 15) is 0 Å². The molecule has 1 aliphatic heterocycles. The zero-order chi connectivity index (χ0) is 16.7. The third-order valence-corrected chi connectivity index (χ3v) is 5.98. The topological polar surface area (TPSA) is 6.48 Å². The minimum Gasteiger partial charge on any atom is -0.334 e. The van der Waals surface area contributed by atoms with Gasteiger partial charge in [0.05, 0.1) is 8.88 Å². The average Bonchev–Trinajstić information content (AvgIpc) is 2.85. The Balaban J connectivity index is 1.91. The maximum absolute atomic E-state index is 2.56. The van der Waals surface area contributed by atoms with E-state index in [1.807, 2.05) is 0 Å². The summed E-state index contributed by atoms with van der Waals surface area (Å²) >= 11 is 0. The molecule has 2 aromatic rings. The minimum atomic E-state index is 0.692. The van der Waals surface area contributed by atoms with Gasteiger partial charge in [0, 0.05) is 24.5 Å². The van der Waals surface area contributed by atoms with Crippen molar-refractivity contribution in [1.82, 2.24) is 0 Å². The highest BCUT2D eigenvalue weighted by Crippen LogP contribution is 2.44. The van der Waals surface area contributed by atoms with Crippen LogP contribution in [0.1, 0.15) is 33.4 Å². The first kappa shape index (κ1) is 16.3. The summed E-state index contributed by atoms with van der Waals surface area (Å²) in [6.07, 6.45) is 0. The van der Waals surface area contributed by atoms with E-state index in [0.717, 1.165) is 13.1 Å². The third-order valence-electron chi connectivity index (χ3n) is 4.60. The Bertz CT molecular complexity index is 642. The number of nitrogens with zero attached hydrogens (tertiary/aromatic N) is 2. The summed E-state index contributed by atoms with van der Waals surface area (Å²) in [6.45, 7) is 15.5. The van der Waals surface area contributed by atoms with E-state index in [-0.39, 0.29) is 0 Å². The van der Waals surface area contributed by atoms with Gasteiger partial charge in [0.2, 0.25) is 0 Å². The minimum absolute atomic E-state index is 0.692. The highest BCUT2D eigenvalue weighted by Gasteiger charge is 2.25. The Labute approximate surface area is 142 Å². The number of rotatable bonds is 2. The number of hydrogen-bond donors (Lipinski definition) is 0. The van der Waals surface area contributed by atoms with Gasteiger partial charge in [-0.15, -0.1) is 0 Å². The molecule has 2 nitrogen and oxygen atoms in total. The monoisotopic (exact) mass is 326 g/mol. The van der Waals surface area contributed by atoms with Crippen molar-refractivity contribution in [2.45, 2.75) is 41.5 Å². The smallest absolute Gasteiger partial charge is 0.0800 e. The van der Waals surface area contributed by atoms with Crippen LogP contribution in [0, 0.1) is 41.5 Å². The fourth-order valence-corrected chi connectivity index (χ4v) is 5.56. The van der Waals surface area contributed by atoms with Gasteiger partial charge in [-0.3, -0.25) is 0 Å². The molecule has 0 unspecified atom stereocenters. The standard InChI is InChI=1S/C20H27N2P/c1-13-9-15(3)19(16(4)10-13)21-7-8-22(23-21)20-17(5)11-14(2)12-18(20)6/h9-12,23H,7-8H2,1-6H3. The molecule has 0 bridgehead atoms. The second kappa shape index (κ2) is 6.17. The zero-order valence-electron chi connectivity index (χ0n) is 15.1. The average molecular weight is 326 g/mol. The maximum Gasteiger partial charge on any atom is 0.0800 e. The van der Waals surface area contributed by atoms with Crippen LogP contribution in [-0.4, -0.2) is 13.1 Å². The van der Waals surface area contributed by atoms with Crippen molar-refractivity contribution < 1.29 is 0 Å². The molecule has 23 heavy (non-hydrogen) atoms. The molecule has 1 aliphatic rings. The molecule has 0 spiro atoms. The van der Waals surface area contributed by atoms with E-state index in [0.29, 0.717) is 8.88 Å². The van der Waals surface area contributed by atoms with Crippen molar-refractivity contribution in [2.75, 3.05) is 22.4 Å². The van der Waals surface area contributed by atoms with E-state index < -0.39 is 0 Å². The van der Waals surface area contributed by atoms with Crippen LogP contribution in [-0.2, 0) is 0 Å². The van der Waals surface area contributed by atoms with E-state index in [1.54, 1.807) is 0 Å². The molecule has 0 radical (unpaired) electrons. The summed E-state index contributed by atoms with van der Waals surface area (Å²) in [5.74, 6) is 0. The van der Waals surface area contributed by atoms with E-state index in [4.69, 9.17) is 0 Å². The Kier molecular flexibility index (Phi) is 4.38. The number of hydrogen-bond acceptors (Lipinski definition) is 2. The summed E-state index contributed by atoms with van der Waals surface area (Å²) in [6, 6.07) is 9.21. The molecule has 0 atom stereocenters. The normalized spacial score (nSPS) is 14.7. The predicted molar refractivity (Wildman–Crippen MR) is 104 cm³/mol. The van der Waals surface area contributed by atoms with Crippen molar-refractivity contribution in [3.05, 3.63) is 57.6 Å². The fraction of sp³-hybridized carbons (Fsp3) is 0.400. The first-order valence-corrected chi connectivity index (χ1v) is 9.23. The summed E-state index contributed by atoms with van der Waals surface area (Å²) in [4.78, 5) is 0. The van der Waals surface area contributed by atoms with Gasteiger partial charge < -0.3 is 9.34 Å². The van der Waals surface area contributed by atoms with Crippen molar-refractivity contribution in [2.24, 2.45) is 0 Å². The van der Waals surface area contributed by atoms with Crippen LogP contribution in [0.5, 0.6) is 0 Å². The van der Waals surface area contributed by atoms with Crippen molar-refractivity contribution in [3.63, 3.8) is 0 Å². The van der Waals surface area contributed by atoms with E-state index in [2.05, 4.69) is 75.1 Å². The van der Waals surface area contributed by atoms with Crippen LogP contribution in [0.25, 0.3) is 0 Å². The predicted octanol–water partition coefficient (Wildman–Crippen LogP) is 5.37. The second-order valence-electron chi connectivity index (χ2n) is 6.90. The summed E-state index contributed by atoms with van der Waals surface area (Å²) < 4.78 is 5.12. The first-order valence-electron chi connectivity index (χ1n) is 8.34. The van der Waals surface area contributed by atoms with E-state index >= 15 is 0 Å². The van der Waals surface area contributed by atoms with Crippen LogP contribution in [0.3, 0.4) is 0 Å². The quantitative estimate of drug-likeness (QED) is 0.684. The lowest BCUT2D eigenvalue weighted by atomic mass is 10.0. The number of aryl methyl sites for hydroxylation is 6. The molecule has 0 N–H and O–H groups in total. The molecule has 0 saturated carbocycles. The molecule has 0 aromatic heterocycles. The van der Waals surface area contributed by atoms with Crippen molar-refractivity contribution >= 4 is 20.3 Å². The highest BCUT2D eigenvalue weighted by atomic mass is 31.1. The molecule has 1 fully saturated rings. The molecule has 122 valence electrons. The molecule has 3 heteroatoms. The molecule has 1 heterocycles. The summed E-state index contributed by atoms with van der Waals surface area (Å²) in [5.41, 5.74) is 11.2.